The number of hydrogen-bond donors (Lipinski definition) is 1. The van der Waals surface area contributed by atoms with Gasteiger partial charge in [0.05, 0.1) is 5.52 Å². The van der Waals surface area contributed by atoms with Crippen molar-refractivity contribution >= 4 is 17.3 Å². The van der Waals surface area contributed by atoms with Crippen LogP contribution in [0.2, 0.25) is 0 Å². The summed E-state index contributed by atoms with van der Waals surface area (Å²) in [4.78, 5) is 32.2. The normalized spacial score (nSPS) is 14.6. The number of imidazole rings is 1. The van der Waals surface area contributed by atoms with E-state index in [0.717, 1.165) is 44.3 Å². The molecule has 144 valence electrons. The Morgan fingerprint density at radius 1 is 0.929 bits per heavy atom. The van der Waals surface area contributed by atoms with Crippen molar-refractivity contribution in [2.45, 2.75) is 32.2 Å². The summed E-state index contributed by atoms with van der Waals surface area (Å²) in [5, 5.41) is 2.90. The molecule has 3 aromatic rings. The number of fused-ring (bicyclic) bond motifs is 1. The molecule has 0 atom stereocenters. The summed E-state index contributed by atoms with van der Waals surface area (Å²) in [7, 11) is 0. The fourth-order valence-electron chi connectivity index (χ4n) is 3.64. The highest BCUT2D eigenvalue weighted by atomic mass is 16.2. The Labute approximate surface area is 164 Å². The Hall–Kier alpha value is -3.15. The van der Waals surface area contributed by atoms with Gasteiger partial charge >= 0.3 is 0 Å². The van der Waals surface area contributed by atoms with Crippen LogP contribution in [0.5, 0.6) is 0 Å². The zero-order chi connectivity index (χ0) is 19.3. The quantitative estimate of drug-likeness (QED) is 0.760. The van der Waals surface area contributed by atoms with Crippen molar-refractivity contribution < 1.29 is 9.59 Å². The highest BCUT2D eigenvalue weighted by Crippen LogP contribution is 2.18. The summed E-state index contributed by atoms with van der Waals surface area (Å²) < 4.78 is 1.70. The Morgan fingerprint density at radius 3 is 2.39 bits per heavy atom. The number of aromatic nitrogens is 2. The van der Waals surface area contributed by atoms with Crippen LogP contribution in [0.15, 0.2) is 54.7 Å². The number of hydrogen-bond acceptors (Lipinski definition) is 3. The molecule has 1 aromatic carbocycles. The first-order valence-corrected chi connectivity index (χ1v) is 9.82. The molecule has 1 aliphatic heterocycles. The van der Waals surface area contributed by atoms with E-state index in [1.807, 2.05) is 53.4 Å². The lowest BCUT2D eigenvalue weighted by atomic mass is 10.2. The first kappa shape index (κ1) is 18.2. The lowest BCUT2D eigenvalue weighted by Gasteiger charge is -2.19. The van der Waals surface area contributed by atoms with Gasteiger partial charge in [0.25, 0.3) is 11.8 Å². The second-order valence-electron chi connectivity index (χ2n) is 7.11. The molecule has 3 heterocycles. The van der Waals surface area contributed by atoms with Gasteiger partial charge in [-0.15, -0.1) is 0 Å². The molecule has 1 fully saturated rings. The molecule has 0 unspecified atom stereocenters. The minimum absolute atomic E-state index is 0.0901. The third kappa shape index (κ3) is 3.76. The molecule has 0 bridgehead atoms. The zero-order valence-corrected chi connectivity index (χ0v) is 15.8. The van der Waals surface area contributed by atoms with E-state index in [2.05, 4.69) is 10.3 Å². The van der Waals surface area contributed by atoms with Gasteiger partial charge in [0.15, 0.2) is 5.69 Å². The van der Waals surface area contributed by atoms with Crippen molar-refractivity contribution in [3.05, 3.63) is 71.8 Å². The van der Waals surface area contributed by atoms with Crippen LogP contribution in [-0.4, -0.2) is 39.2 Å². The summed E-state index contributed by atoms with van der Waals surface area (Å²) in [6, 6.07) is 15.3. The molecule has 0 aliphatic carbocycles. The Bertz CT molecular complexity index is 973. The van der Waals surface area contributed by atoms with E-state index >= 15 is 0 Å². The van der Waals surface area contributed by atoms with Gasteiger partial charge in [-0.05, 0) is 30.5 Å². The zero-order valence-electron chi connectivity index (χ0n) is 15.8. The molecular formula is C22H24N4O2. The lowest BCUT2D eigenvalue weighted by Crippen LogP contribution is -2.32. The summed E-state index contributed by atoms with van der Waals surface area (Å²) in [5.74, 6) is -0.141. The maximum Gasteiger partial charge on any atom is 0.287 e. The molecule has 1 saturated heterocycles. The largest absolute Gasteiger partial charge is 0.345 e. The van der Waals surface area contributed by atoms with Crippen LogP contribution in [0.1, 0.15) is 52.4 Å². The van der Waals surface area contributed by atoms with Crippen molar-refractivity contribution in [1.82, 2.24) is 19.6 Å². The van der Waals surface area contributed by atoms with Gasteiger partial charge in [-0.25, -0.2) is 4.98 Å². The van der Waals surface area contributed by atoms with Crippen LogP contribution in [0, 0.1) is 0 Å². The van der Waals surface area contributed by atoms with Gasteiger partial charge in [0.1, 0.15) is 0 Å². The van der Waals surface area contributed by atoms with Crippen LogP contribution in [-0.2, 0) is 6.54 Å². The van der Waals surface area contributed by atoms with Gasteiger partial charge in [0.2, 0.25) is 5.82 Å². The van der Waals surface area contributed by atoms with Crippen molar-refractivity contribution in [2.75, 3.05) is 13.1 Å². The van der Waals surface area contributed by atoms with Gasteiger partial charge < -0.3 is 10.2 Å². The third-order valence-electron chi connectivity index (χ3n) is 5.14. The van der Waals surface area contributed by atoms with Gasteiger partial charge in [-0.2, -0.15) is 0 Å². The van der Waals surface area contributed by atoms with E-state index in [1.165, 1.54) is 0 Å². The van der Waals surface area contributed by atoms with E-state index in [9.17, 15) is 9.59 Å². The monoisotopic (exact) mass is 376 g/mol. The number of amides is 2. The molecular weight excluding hydrogens is 352 g/mol. The molecule has 1 aliphatic rings. The van der Waals surface area contributed by atoms with Crippen LogP contribution < -0.4 is 5.32 Å². The third-order valence-corrected chi connectivity index (χ3v) is 5.14. The molecule has 6 heteroatoms. The maximum atomic E-state index is 13.1. The summed E-state index contributed by atoms with van der Waals surface area (Å²) in [6.45, 7) is 1.91. The van der Waals surface area contributed by atoms with E-state index in [1.54, 1.807) is 10.6 Å². The number of benzene rings is 1. The van der Waals surface area contributed by atoms with Crippen molar-refractivity contribution in [3.8, 4) is 0 Å². The highest BCUT2D eigenvalue weighted by Gasteiger charge is 2.25. The van der Waals surface area contributed by atoms with Crippen molar-refractivity contribution in [3.63, 3.8) is 0 Å². The van der Waals surface area contributed by atoms with Crippen LogP contribution >= 0.6 is 0 Å². The molecule has 6 nitrogen and oxygen atoms in total. The topological polar surface area (TPSA) is 66.7 Å². The number of nitrogens with one attached hydrogen (secondary N) is 1. The molecule has 28 heavy (non-hydrogen) atoms. The number of nitrogens with zero attached hydrogens (tertiary/aromatic N) is 3. The standard InChI is InChI=1S/C22H24N4O2/c27-21(23-16-17-10-4-3-5-11-17)20-24-19(18-12-6-9-15-26(18)20)22(28)25-13-7-1-2-8-14-25/h3-6,9-12,15H,1-2,7-8,13-14,16H2,(H,23,27). The molecule has 0 radical (unpaired) electrons. The fraction of sp³-hybridized carbons (Fsp3) is 0.318. The second-order valence-corrected chi connectivity index (χ2v) is 7.11. The van der Waals surface area contributed by atoms with E-state index in [0.29, 0.717) is 17.8 Å². The Kier molecular flexibility index (Phi) is 5.37. The smallest absolute Gasteiger partial charge is 0.287 e. The number of rotatable bonds is 4. The van der Waals surface area contributed by atoms with Crippen molar-refractivity contribution in [1.29, 1.82) is 0 Å². The fourth-order valence-corrected chi connectivity index (χ4v) is 3.64. The van der Waals surface area contributed by atoms with E-state index < -0.39 is 0 Å². The second kappa shape index (κ2) is 8.25. The molecule has 0 spiro atoms. The number of pyridine rings is 1. The average Bonchev–Trinajstić information content (AvgIpc) is 2.92. The average molecular weight is 376 g/mol. The van der Waals surface area contributed by atoms with Crippen LogP contribution in [0.25, 0.3) is 5.52 Å². The summed E-state index contributed by atoms with van der Waals surface area (Å²) >= 11 is 0. The highest BCUT2D eigenvalue weighted by molar-refractivity contribution is 6.02. The van der Waals surface area contributed by atoms with Gasteiger partial charge in [0, 0.05) is 25.8 Å². The predicted molar refractivity (Wildman–Crippen MR) is 107 cm³/mol. The lowest BCUT2D eigenvalue weighted by molar-refractivity contribution is 0.0758. The number of carbonyl (C=O) groups is 2. The summed E-state index contributed by atoms with van der Waals surface area (Å²) in [6.07, 6.45) is 6.12. The maximum absolute atomic E-state index is 13.1. The first-order chi connectivity index (χ1) is 13.7. The minimum atomic E-state index is -0.292. The molecule has 4 rings (SSSR count). The molecule has 2 aromatic heterocycles. The number of likely N-dealkylation sites (tertiary alicyclic amines) is 1. The van der Waals surface area contributed by atoms with E-state index in [-0.39, 0.29) is 17.6 Å². The molecule has 0 saturated carbocycles. The SMILES string of the molecule is O=C(NCc1ccccc1)c1nc(C(=O)N2CCCCCC2)c2ccccn12. The summed E-state index contributed by atoms with van der Waals surface area (Å²) in [5.41, 5.74) is 2.03. The first-order valence-electron chi connectivity index (χ1n) is 9.82. The molecule has 1 N–H and O–H groups in total. The predicted octanol–water partition coefficient (Wildman–Crippen LogP) is 3.28. The van der Waals surface area contributed by atoms with Crippen molar-refractivity contribution in [2.24, 2.45) is 0 Å². The van der Waals surface area contributed by atoms with Gasteiger partial charge in [-0.1, -0.05) is 49.2 Å². The Morgan fingerprint density at radius 2 is 1.64 bits per heavy atom. The Balaban J connectivity index is 1.60. The van der Waals surface area contributed by atoms with Crippen LogP contribution in [0.4, 0.5) is 0 Å². The van der Waals surface area contributed by atoms with E-state index in [4.69, 9.17) is 0 Å². The van der Waals surface area contributed by atoms with Gasteiger partial charge in [-0.3, -0.25) is 14.0 Å². The number of carbonyl (C=O) groups excluding carboxylic acids is 2. The molecule has 2 amide bonds. The van der Waals surface area contributed by atoms with Crippen LogP contribution in [0.3, 0.4) is 0 Å². The minimum Gasteiger partial charge on any atom is -0.345 e.